The highest BCUT2D eigenvalue weighted by Gasteiger charge is 2.36. The fourth-order valence-electron chi connectivity index (χ4n) is 4.73. The molecule has 0 amide bonds. The maximum Gasteiger partial charge on any atom is 0.298 e. The maximum absolute atomic E-state index is 15.5. The Balaban J connectivity index is 1.62. The van der Waals surface area contributed by atoms with Gasteiger partial charge in [-0.05, 0) is 64.4 Å². The number of aryl methyl sites for hydroxylation is 1. The number of pyridine rings is 1. The molecule has 13 heteroatoms. The summed E-state index contributed by atoms with van der Waals surface area (Å²) in [6, 6.07) is 4.93. The molecule has 3 aromatic rings. The third kappa shape index (κ3) is 7.02. The number of nitrogens with zero attached hydrogens (tertiary/aromatic N) is 4. The van der Waals surface area contributed by atoms with Crippen LogP contribution in [0.4, 0.5) is 19.0 Å². The van der Waals surface area contributed by atoms with E-state index in [-0.39, 0.29) is 34.7 Å². The number of hydrogen-bond acceptors (Lipinski definition) is 8. The van der Waals surface area contributed by atoms with E-state index < -0.39 is 39.8 Å². The van der Waals surface area contributed by atoms with Gasteiger partial charge in [0.1, 0.15) is 39.1 Å². The van der Waals surface area contributed by atoms with Crippen LogP contribution < -0.4 is 5.32 Å². The molecule has 8 nitrogen and oxygen atoms in total. The molecule has 0 spiro atoms. The molecule has 1 saturated heterocycles. The van der Waals surface area contributed by atoms with E-state index in [1.165, 1.54) is 12.1 Å². The molecule has 1 N–H and O–H groups in total. The molecule has 0 radical (unpaired) electrons. The molecule has 218 valence electrons. The van der Waals surface area contributed by atoms with Crippen molar-refractivity contribution in [1.82, 2.24) is 19.9 Å². The van der Waals surface area contributed by atoms with Gasteiger partial charge in [0.15, 0.2) is 5.65 Å². The van der Waals surface area contributed by atoms with Crippen LogP contribution in [0.5, 0.6) is 0 Å². The van der Waals surface area contributed by atoms with Crippen molar-refractivity contribution in [2.24, 2.45) is 0 Å². The quantitative estimate of drug-likeness (QED) is 0.249. The Hall–Kier alpha value is -2.54. The number of fused-ring (bicyclic) bond motifs is 1. The Morgan fingerprint density at radius 1 is 1.20 bits per heavy atom. The molecule has 0 saturated carbocycles. The van der Waals surface area contributed by atoms with Crippen molar-refractivity contribution < 1.29 is 26.3 Å². The van der Waals surface area contributed by atoms with Gasteiger partial charge in [0.05, 0.1) is 35.1 Å². The number of halogens is 4. The summed E-state index contributed by atoms with van der Waals surface area (Å²) in [6.45, 7) is 2.94. The minimum atomic E-state index is -3.52. The van der Waals surface area contributed by atoms with E-state index in [9.17, 15) is 17.2 Å². The standard InChI is InChI=1S/C27H33ClF3N5O3S/c1-16(19-6-5-7-22(23(19)29)27(30,31)15-39-11-10-36(3)4)32-25-21-14-20(18-8-12-40(37,38)13-9-18)24(28)35-26(21)34-17(2)33-25/h5-7,14,16,18H,8-13,15H2,1-4H3,(H,32,33,34,35)/t16-/m1/s1. The van der Waals surface area contributed by atoms with Crippen molar-refractivity contribution in [1.29, 1.82) is 0 Å². The van der Waals surface area contributed by atoms with Crippen LogP contribution in [0.1, 0.15) is 54.2 Å². The zero-order valence-corrected chi connectivity index (χ0v) is 24.4. The number of likely N-dealkylation sites (N-methyl/N-ethyl adjacent to an activating group) is 1. The molecule has 1 aromatic carbocycles. The first-order chi connectivity index (χ1) is 18.8. The molecule has 0 bridgehead atoms. The number of rotatable bonds is 10. The third-order valence-electron chi connectivity index (χ3n) is 6.98. The summed E-state index contributed by atoms with van der Waals surface area (Å²) in [5, 5.41) is 3.89. The van der Waals surface area contributed by atoms with Gasteiger partial charge in [0.25, 0.3) is 5.92 Å². The topological polar surface area (TPSA) is 97.3 Å². The normalized spacial score (nSPS) is 16.9. The molecule has 1 aliphatic rings. The van der Waals surface area contributed by atoms with Crippen LogP contribution in [-0.4, -0.2) is 73.6 Å². The monoisotopic (exact) mass is 599 g/mol. The van der Waals surface area contributed by atoms with E-state index in [0.717, 1.165) is 6.07 Å². The first kappa shape index (κ1) is 30.4. The van der Waals surface area contributed by atoms with Gasteiger partial charge in [-0.25, -0.2) is 27.8 Å². The minimum Gasteiger partial charge on any atom is -0.373 e. The highest BCUT2D eigenvalue weighted by Crippen LogP contribution is 2.37. The molecule has 1 fully saturated rings. The number of benzene rings is 1. The zero-order valence-electron chi connectivity index (χ0n) is 22.8. The number of aromatic nitrogens is 3. The largest absolute Gasteiger partial charge is 0.373 e. The van der Waals surface area contributed by atoms with E-state index in [1.807, 2.05) is 0 Å². The second kappa shape index (κ2) is 12.1. The van der Waals surface area contributed by atoms with Crippen LogP contribution in [-0.2, 0) is 20.5 Å². The molecule has 40 heavy (non-hydrogen) atoms. The SMILES string of the molecule is Cc1nc(N[C@H](C)c2cccc(C(F)(F)COCCN(C)C)c2F)c2cc(C3CCS(=O)(=O)CC3)c(Cl)nc2n1. The second-order valence-corrected chi connectivity index (χ2v) is 13.1. The van der Waals surface area contributed by atoms with Crippen molar-refractivity contribution in [3.05, 3.63) is 57.8 Å². The van der Waals surface area contributed by atoms with Crippen molar-refractivity contribution in [3.8, 4) is 0 Å². The van der Waals surface area contributed by atoms with Crippen LogP contribution in [0.2, 0.25) is 5.15 Å². The van der Waals surface area contributed by atoms with Gasteiger partial charge in [0, 0.05) is 12.1 Å². The fourth-order valence-corrected chi connectivity index (χ4v) is 6.51. The third-order valence-corrected chi connectivity index (χ3v) is 9.00. The summed E-state index contributed by atoms with van der Waals surface area (Å²) in [7, 11) is 0.535. The van der Waals surface area contributed by atoms with Gasteiger partial charge in [-0.2, -0.15) is 8.78 Å². The minimum absolute atomic E-state index is 0.0366. The Morgan fingerprint density at radius 3 is 2.58 bits per heavy atom. The van der Waals surface area contributed by atoms with Gasteiger partial charge in [0.2, 0.25) is 0 Å². The van der Waals surface area contributed by atoms with Crippen LogP contribution >= 0.6 is 11.6 Å². The lowest BCUT2D eigenvalue weighted by atomic mass is 9.94. The van der Waals surface area contributed by atoms with E-state index >= 15 is 4.39 Å². The molecule has 1 atom stereocenters. The lowest BCUT2D eigenvalue weighted by Crippen LogP contribution is -2.26. The van der Waals surface area contributed by atoms with Crippen LogP contribution in [0.15, 0.2) is 24.3 Å². The predicted molar refractivity (Wildman–Crippen MR) is 149 cm³/mol. The number of anilines is 1. The van der Waals surface area contributed by atoms with Gasteiger partial charge >= 0.3 is 0 Å². The first-order valence-corrected chi connectivity index (χ1v) is 15.2. The average Bonchev–Trinajstić information content (AvgIpc) is 2.86. The lowest BCUT2D eigenvalue weighted by Gasteiger charge is -2.24. The first-order valence-electron chi connectivity index (χ1n) is 13.0. The molecule has 0 unspecified atom stereocenters. The Labute approximate surface area is 237 Å². The Kier molecular flexibility index (Phi) is 9.23. The summed E-state index contributed by atoms with van der Waals surface area (Å²) < 4.78 is 74.2. The second-order valence-electron chi connectivity index (χ2n) is 10.4. The summed E-state index contributed by atoms with van der Waals surface area (Å²) in [6.07, 6.45) is 0.846. The van der Waals surface area contributed by atoms with E-state index in [1.54, 1.807) is 38.9 Å². The number of sulfone groups is 1. The molecular weight excluding hydrogens is 567 g/mol. The van der Waals surface area contributed by atoms with Crippen molar-refractivity contribution in [2.75, 3.05) is 50.7 Å². The molecular formula is C27H33ClF3N5O3S. The van der Waals surface area contributed by atoms with Crippen LogP contribution in [0.25, 0.3) is 11.0 Å². The average molecular weight is 600 g/mol. The molecule has 2 aromatic heterocycles. The molecule has 0 aliphatic carbocycles. The maximum atomic E-state index is 15.5. The number of nitrogens with one attached hydrogen (secondary N) is 1. The van der Waals surface area contributed by atoms with E-state index in [4.69, 9.17) is 16.3 Å². The van der Waals surface area contributed by atoms with Crippen molar-refractivity contribution in [3.63, 3.8) is 0 Å². The van der Waals surface area contributed by atoms with Gasteiger partial charge in [-0.15, -0.1) is 0 Å². The fraction of sp³-hybridized carbons (Fsp3) is 0.519. The summed E-state index contributed by atoms with van der Waals surface area (Å²) in [4.78, 5) is 15.1. The molecule has 4 rings (SSSR count). The van der Waals surface area contributed by atoms with E-state index in [2.05, 4.69) is 20.3 Å². The number of ether oxygens (including phenoxy) is 1. The van der Waals surface area contributed by atoms with E-state index in [0.29, 0.717) is 47.6 Å². The summed E-state index contributed by atoms with van der Waals surface area (Å²) in [5.74, 6) is -3.78. The zero-order chi connectivity index (χ0) is 29.2. The molecule has 3 heterocycles. The highest BCUT2D eigenvalue weighted by atomic mass is 35.5. The number of alkyl halides is 2. The van der Waals surface area contributed by atoms with Gasteiger partial charge < -0.3 is 15.0 Å². The van der Waals surface area contributed by atoms with Crippen LogP contribution in [0.3, 0.4) is 0 Å². The number of hydrogen-bond donors (Lipinski definition) is 1. The highest BCUT2D eigenvalue weighted by molar-refractivity contribution is 7.91. The van der Waals surface area contributed by atoms with Crippen molar-refractivity contribution in [2.45, 2.75) is 44.6 Å². The Bertz CT molecular complexity index is 1480. The lowest BCUT2D eigenvalue weighted by molar-refractivity contribution is -0.0861. The predicted octanol–water partition coefficient (Wildman–Crippen LogP) is 5.26. The van der Waals surface area contributed by atoms with Gasteiger partial charge in [-0.1, -0.05) is 23.7 Å². The molecule has 1 aliphatic heterocycles. The van der Waals surface area contributed by atoms with Gasteiger partial charge in [-0.3, -0.25) is 0 Å². The smallest absolute Gasteiger partial charge is 0.298 e. The summed E-state index contributed by atoms with van der Waals surface area (Å²) >= 11 is 6.48. The summed E-state index contributed by atoms with van der Waals surface area (Å²) in [5.41, 5.74) is 0.300. The van der Waals surface area contributed by atoms with Crippen molar-refractivity contribution >= 4 is 38.3 Å². The van der Waals surface area contributed by atoms with Crippen LogP contribution in [0, 0.1) is 12.7 Å². The Morgan fingerprint density at radius 2 is 1.90 bits per heavy atom.